The van der Waals surface area contributed by atoms with E-state index in [0.29, 0.717) is 11.3 Å². The minimum atomic E-state index is -1.03. The fourth-order valence-electron chi connectivity index (χ4n) is 2.19. The maximum absolute atomic E-state index is 12.3. The normalized spacial score (nSPS) is 11.6. The molecule has 2 rings (SSSR count). The average molecular weight is 327 g/mol. The van der Waals surface area contributed by atoms with Gasteiger partial charge in [0.1, 0.15) is 6.04 Å². The van der Waals surface area contributed by atoms with Crippen molar-refractivity contribution < 1.29 is 14.7 Å². The lowest BCUT2D eigenvalue weighted by Crippen LogP contribution is -2.32. The van der Waals surface area contributed by atoms with Gasteiger partial charge in [0, 0.05) is 31.0 Å². The summed E-state index contributed by atoms with van der Waals surface area (Å²) < 4.78 is 0. The van der Waals surface area contributed by atoms with Gasteiger partial charge in [-0.15, -0.1) is 0 Å². The number of carboxylic acids is 1. The third kappa shape index (κ3) is 4.57. The van der Waals surface area contributed by atoms with Crippen molar-refractivity contribution in [1.82, 2.24) is 0 Å². The second-order valence-corrected chi connectivity index (χ2v) is 5.74. The van der Waals surface area contributed by atoms with Crippen LogP contribution in [-0.4, -0.2) is 37.1 Å². The van der Waals surface area contributed by atoms with Gasteiger partial charge in [0.2, 0.25) is 0 Å². The lowest BCUT2D eigenvalue weighted by atomic mass is 10.1. The topological polar surface area (TPSA) is 95.7 Å². The van der Waals surface area contributed by atoms with Crippen molar-refractivity contribution in [2.75, 3.05) is 24.3 Å². The van der Waals surface area contributed by atoms with Crippen LogP contribution in [0.1, 0.15) is 15.9 Å². The molecular formula is C18H21N3O3. The molecule has 0 bridgehead atoms. The summed E-state index contributed by atoms with van der Waals surface area (Å²) in [5.74, 6) is -1.23. The predicted octanol–water partition coefficient (Wildman–Crippen LogP) is 1.96. The molecule has 2 aromatic carbocycles. The van der Waals surface area contributed by atoms with Gasteiger partial charge in [0.05, 0.1) is 0 Å². The third-order valence-corrected chi connectivity index (χ3v) is 3.61. The Hall–Kier alpha value is -2.86. The van der Waals surface area contributed by atoms with Gasteiger partial charge in [-0.05, 0) is 42.3 Å². The molecule has 0 saturated heterocycles. The maximum atomic E-state index is 12.3. The van der Waals surface area contributed by atoms with E-state index in [2.05, 4.69) is 5.32 Å². The molecule has 0 aliphatic rings. The highest BCUT2D eigenvalue weighted by Gasteiger charge is 2.12. The molecule has 126 valence electrons. The van der Waals surface area contributed by atoms with Crippen LogP contribution in [0.2, 0.25) is 0 Å². The third-order valence-electron chi connectivity index (χ3n) is 3.61. The summed E-state index contributed by atoms with van der Waals surface area (Å²) in [5, 5.41) is 11.6. The van der Waals surface area contributed by atoms with Gasteiger partial charge >= 0.3 is 5.97 Å². The van der Waals surface area contributed by atoms with Crippen LogP contribution < -0.4 is 16.0 Å². The van der Waals surface area contributed by atoms with Crippen molar-refractivity contribution >= 4 is 23.3 Å². The summed E-state index contributed by atoms with van der Waals surface area (Å²) in [6.45, 7) is 0. The molecule has 1 atom stereocenters. The molecule has 0 aliphatic carbocycles. The zero-order valence-electron chi connectivity index (χ0n) is 13.7. The van der Waals surface area contributed by atoms with Crippen LogP contribution in [-0.2, 0) is 11.2 Å². The van der Waals surface area contributed by atoms with E-state index in [1.54, 1.807) is 30.3 Å². The van der Waals surface area contributed by atoms with Crippen LogP contribution in [0.5, 0.6) is 0 Å². The first-order valence-electron chi connectivity index (χ1n) is 7.53. The van der Waals surface area contributed by atoms with Gasteiger partial charge in [-0.25, -0.2) is 0 Å². The fourth-order valence-corrected chi connectivity index (χ4v) is 2.19. The van der Waals surface area contributed by atoms with Gasteiger partial charge in [-0.3, -0.25) is 9.59 Å². The SMILES string of the molecule is CN(C)c1cccc(C(=O)Nc2ccc(C[C@H](N)C(=O)O)cc2)c1. The molecule has 0 fully saturated rings. The molecule has 2 aromatic rings. The molecule has 0 aliphatic heterocycles. The quantitative estimate of drug-likeness (QED) is 0.754. The number of aliphatic carboxylic acids is 1. The van der Waals surface area contributed by atoms with Crippen molar-refractivity contribution in [1.29, 1.82) is 0 Å². The number of nitrogens with zero attached hydrogens (tertiary/aromatic N) is 1. The minimum absolute atomic E-state index is 0.200. The number of carbonyl (C=O) groups excluding carboxylic acids is 1. The summed E-state index contributed by atoms with van der Waals surface area (Å²) >= 11 is 0. The molecule has 4 N–H and O–H groups in total. The number of rotatable bonds is 6. The Bertz CT molecular complexity index is 727. The van der Waals surface area contributed by atoms with E-state index in [1.165, 1.54) is 0 Å². The Labute approximate surface area is 140 Å². The second-order valence-electron chi connectivity index (χ2n) is 5.74. The monoisotopic (exact) mass is 327 g/mol. The average Bonchev–Trinajstić information content (AvgIpc) is 2.56. The molecule has 1 amide bonds. The minimum Gasteiger partial charge on any atom is -0.480 e. The number of carboxylic acid groups (broad SMARTS) is 1. The second kappa shape index (κ2) is 7.61. The van der Waals surface area contributed by atoms with Gasteiger partial charge in [-0.1, -0.05) is 18.2 Å². The highest BCUT2D eigenvalue weighted by Crippen LogP contribution is 2.16. The maximum Gasteiger partial charge on any atom is 0.320 e. The molecular weight excluding hydrogens is 306 g/mol. The molecule has 0 heterocycles. The van der Waals surface area contributed by atoms with E-state index in [4.69, 9.17) is 10.8 Å². The van der Waals surface area contributed by atoms with Gasteiger partial charge in [0.15, 0.2) is 0 Å². The smallest absolute Gasteiger partial charge is 0.320 e. The molecule has 0 unspecified atom stereocenters. The van der Waals surface area contributed by atoms with Crippen molar-refractivity contribution in [3.63, 3.8) is 0 Å². The summed E-state index contributed by atoms with van der Waals surface area (Å²) in [4.78, 5) is 25.0. The van der Waals surface area contributed by atoms with Crippen LogP contribution in [0.4, 0.5) is 11.4 Å². The first-order valence-corrected chi connectivity index (χ1v) is 7.53. The molecule has 0 aromatic heterocycles. The van der Waals surface area contributed by atoms with Crippen molar-refractivity contribution in [2.24, 2.45) is 5.73 Å². The molecule has 6 heteroatoms. The van der Waals surface area contributed by atoms with E-state index < -0.39 is 12.0 Å². The molecule has 0 radical (unpaired) electrons. The number of carbonyl (C=O) groups is 2. The molecule has 24 heavy (non-hydrogen) atoms. The standard InChI is InChI=1S/C18H21N3O3/c1-21(2)15-5-3-4-13(11-15)17(22)20-14-8-6-12(7-9-14)10-16(19)18(23)24/h3-9,11,16H,10,19H2,1-2H3,(H,20,22)(H,23,24)/t16-/m0/s1. The largest absolute Gasteiger partial charge is 0.480 e. The zero-order valence-corrected chi connectivity index (χ0v) is 13.7. The summed E-state index contributed by atoms with van der Waals surface area (Å²) in [7, 11) is 3.83. The number of hydrogen-bond acceptors (Lipinski definition) is 4. The van der Waals surface area contributed by atoms with Crippen molar-refractivity contribution in [3.8, 4) is 0 Å². The number of hydrogen-bond donors (Lipinski definition) is 3. The van der Waals surface area contributed by atoms with E-state index in [0.717, 1.165) is 11.3 Å². The van der Waals surface area contributed by atoms with Gasteiger partial charge < -0.3 is 21.1 Å². The Kier molecular flexibility index (Phi) is 5.55. The number of nitrogens with one attached hydrogen (secondary N) is 1. The first-order chi connectivity index (χ1) is 11.4. The van der Waals surface area contributed by atoms with Gasteiger partial charge in [0.25, 0.3) is 5.91 Å². The van der Waals surface area contributed by atoms with Crippen LogP contribution in [0.15, 0.2) is 48.5 Å². The fraction of sp³-hybridized carbons (Fsp3) is 0.222. The summed E-state index contributed by atoms with van der Waals surface area (Å²) in [6.07, 6.45) is 0.244. The van der Waals surface area contributed by atoms with E-state index in [1.807, 2.05) is 37.2 Å². The Morgan fingerprint density at radius 1 is 1.17 bits per heavy atom. The van der Waals surface area contributed by atoms with E-state index >= 15 is 0 Å². The lowest BCUT2D eigenvalue weighted by Gasteiger charge is -2.13. The molecule has 0 spiro atoms. The van der Waals surface area contributed by atoms with Crippen LogP contribution in [0.25, 0.3) is 0 Å². The summed E-state index contributed by atoms with van der Waals surface area (Å²) in [6, 6.07) is 13.4. The molecule has 0 saturated carbocycles. The highest BCUT2D eigenvalue weighted by atomic mass is 16.4. The highest BCUT2D eigenvalue weighted by molar-refractivity contribution is 6.04. The van der Waals surface area contributed by atoms with Crippen LogP contribution >= 0.6 is 0 Å². The number of benzene rings is 2. The number of anilines is 2. The van der Waals surface area contributed by atoms with E-state index in [-0.39, 0.29) is 12.3 Å². The van der Waals surface area contributed by atoms with Crippen molar-refractivity contribution in [3.05, 3.63) is 59.7 Å². The van der Waals surface area contributed by atoms with Crippen LogP contribution in [0.3, 0.4) is 0 Å². The number of amides is 1. The van der Waals surface area contributed by atoms with Crippen molar-refractivity contribution in [2.45, 2.75) is 12.5 Å². The van der Waals surface area contributed by atoms with E-state index in [9.17, 15) is 9.59 Å². The summed E-state index contributed by atoms with van der Waals surface area (Å²) in [5.41, 5.74) is 8.47. The molecule has 6 nitrogen and oxygen atoms in total. The Balaban J connectivity index is 2.04. The first kappa shape index (κ1) is 17.5. The van der Waals surface area contributed by atoms with Gasteiger partial charge in [-0.2, -0.15) is 0 Å². The zero-order chi connectivity index (χ0) is 17.7. The Morgan fingerprint density at radius 2 is 1.83 bits per heavy atom. The predicted molar refractivity (Wildman–Crippen MR) is 94.5 cm³/mol. The Morgan fingerprint density at radius 3 is 2.42 bits per heavy atom. The van der Waals surface area contributed by atoms with Crippen LogP contribution in [0, 0.1) is 0 Å². The number of nitrogens with two attached hydrogens (primary N) is 1. The lowest BCUT2D eigenvalue weighted by molar-refractivity contribution is -0.138.